The summed E-state index contributed by atoms with van der Waals surface area (Å²) in [6.07, 6.45) is 0. The van der Waals surface area contributed by atoms with Crippen LogP contribution < -0.4 is 10.1 Å². The van der Waals surface area contributed by atoms with Crippen molar-refractivity contribution in [2.24, 2.45) is 0 Å². The molecule has 120 valence electrons. The van der Waals surface area contributed by atoms with Crippen LogP contribution in [0, 0.1) is 0 Å². The zero-order valence-corrected chi connectivity index (χ0v) is 14.1. The maximum absolute atomic E-state index is 11.6. The first kappa shape index (κ1) is 17.8. The first-order valence-corrected chi connectivity index (χ1v) is 8.99. The van der Waals surface area contributed by atoms with Gasteiger partial charge in [-0.1, -0.05) is 6.92 Å². The molecule has 21 heavy (non-hydrogen) atoms. The Hall–Kier alpha value is -1.27. The fraction of sp³-hybridized carbons (Fsp3) is 0.600. The Morgan fingerprint density at radius 1 is 1.24 bits per heavy atom. The van der Waals surface area contributed by atoms with Crippen molar-refractivity contribution < 1.29 is 13.2 Å². The quantitative estimate of drug-likeness (QED) is 0.754. The lowest BCUT2D eigenvalue weighted by Gasteiger charge is -2.16. The van der Waals surface area contributed by atoms with Gasteiger partial charge in [0.1, 0.15) is 12.4 Å². The molecule has 0 fully saturated rings. The minimum Gasteiger partial charge on any atom is -0.492 e. The van der Waals surface area contributed by atoms with Crippen LogP contribution in [0.1, 0.15) is 13.8 Å². The molecule has 0 aliphatic rings. The van der Waals surface area contributed by atoms with E-state index in [1.54, 1.807) is 6.92 Å². The molecule has 0 bridgehead atoms. The van der Waals surface area contributed by atoms with Gasteiger partial charge in [0.05, 0.1) is 5.75 Å². The first-order valence-electron chi connectivity index (χ1n) is 7.17. The molecule has 1 unspecified atom stereocenters. The summed E-state index contributed by atoms with van der Waals surface area (Å²) in [5, 5.41) is 3.19. The van der Waals surface area contributed by atoms with Gasteiger partial charge in [-0.25, -0.2) is 8.42 Å². The van der Waals surface area contributed by atoms with E-state index in [9.17, 15) is 8.42 Å². The number of nitrogens with one attached hydrogen (secondary N) is 1. The molecule has 1 N–H and O–H groups in total. The standard InChI is InChI=1S/C15H26N2O3S/c1-5-21(18,19)12-13(2)16-14-6-8-15(9-7-14)20-11-10-17(3)4/h6-9,13,16H,5,10-12H2,1-4H3. The monoisotopic (exact) mass is 314 g/mol. The van der Waals surface area contributed by atoms with Crippen molar-refractivity contribution in [1.82, 2.24) is 4.90 Å². The number of sulfone groups is 1. The number of rotatable bonds is 9. The molecule has 0 aliphatic carbocycles. The van der Waals surface area contributed by atoms with Gasteiger partial charge in [0.25, 0.3) is 0 Å². The minimum atomic E-state index is -2.96. The minimum absolute atomic E-state index is 0.115. The van der Waals surface area contributed by atoms with Crippen LogP contribution in [0.4, 0.5) is 5.69 Å². The van der Waals surface area contributed by atoms with E-state index in [4.69, 9.17) is 4.74 Å². The molecule has 1 aromatic carbocycles. The topological polar surface area (TPSA) is 58.6 Å². The molecule has 6 heteroatoms. The van der Waals surface area contributed by atoms with Gasteiger partial charge >= 0.3 is 0 Å². The first-order chi connectivity index (χ1) is 9.82. The summed E-state index contributed by atoms with van der Waals surface area (Å²) in [5.41, 5.74) is 0.897. The predicted molar refractivity (Wildman–Crippen MR) is 87.9 cm³/mol. The summed E-state index contributed by atoms with van der Waals surface area (Å²) in [4.78, 5) is 2.06. The van der Waals surface area contributed by atoms with Crippen LogP contribution in [-0.2, 0) is 9.84 Å². The highest BCUT2D eigenvalue weighted by atomic mass is 32.2. The van der Waals surface area contributed by atoms with Crippen molar-refractivity contribution in [1.29, 1.82) is 0 Å². The molecule has 0 saturated heterocycles. The number of hydrogen-bond acceptors (Lipinski definition) is 5. The molecule has 0 aromatic heterocycles. The van der Waals surface area contributed by atoms with E-state index >= 15 is 0 Å². The number of hydrogen-bond donors (Lipinski definition) is 1. The predicted octanol–water partition coefficient (Wildman–Crippen LogP) is 1.86. The molecule has 0 aliphatic heterocycles. The molecule has 0 radical (unpaired) electrons. The van der Waals surface area contributed by atoms with Crippen LogP contribution in [-0.4, -0.2) is 58.1 Å². The second-order valence-electron chi connectivity index (χ2n) is 5.42. The Morgan fingerprint density at radius 2 is 1.86 bits per heavy atom. The lowest BCUT2D eigenvalue weighted by molar-refractivity contribution is 0.261. The fourth-order valence-corrected chi connectivity index (χ4v) is 2.90. The van der Waals surface area contributed by atoms with Crippen molar-refractivity contribution in [2.45, 2.75) is 19.9 Å². The lowest BCUT2D eigenvalue weighted by Crippen LogP contribution is -2.26. The number of anilines is 1. The zero-order valence-electron chi connectivity index (χ0n) is 13.3. The van der Waals surface area contributed by atoms with Crippen molar-refractivity contribution in [3.63, 3.8) is 0 Å². The summed E-state index contributed by atoms with van der Waals surface area (Å²) < 4.78 is 28.7. The van der Waals surface area contributed by atoms with E-state index in [1.807, 2.05) is 45.3 Å². The largest absolute Gasteiger partial charge is 0.492 e. The average molecular weight is 314 g/mol. The summed E-state index contributed by atoms with van der Waals surface area (Å²) in [6.45, 7) is 5.05. The van der Waals surface area contributed by atoms with Crippen LogP contribution in [0.25, 0.3) is 0 Å². The highest BCUT2D eigenvalue weighted by molar-refractivity contribution is 7.91. The summed E-state index contributed by atoms with van der Waals surface area (Å²) in [6, 6.07) is 7.47. The van der Waals surface area contributed by atoms with Gasteiger partial charge in [0, 0.05) is 24.0 Å². The summed E-state index contributed by atoms with van der Waals surface area (Å²) >= 11 is 0. The van der Waals surface area contributed by atoms with Crippen LogP contribution in [0.5, 0.6) is 5.75 Å². The molecule has 0 saturated carbocycles. The van der Waals surface area contributed by atoms with Crippen molar-refractivity contribution >= 4 is 15.5 Å². The Balaban J connectivity index is 2.47. The Bertz CT molecular complexity index is 512. The van der Waals surface area contributed by atoms with Gasteiger partial charge in [0.2, 0.25) is 0 Å². The van der Waals surface area contributed by atoms with E-state index in [1.165, 1.54) is 0 Å². The Kier molecular flexibility index (Phi) is 6.98. The smallest absolute Gasteiger partial charge is 0.152 e. The number of likely N-dealkylation sites (N-methyl/N-ethyl adjacent to an activating group) is 1. The average Bonchev–Trinajstić information content (AvgIpc) is 2.39. The van der Waals surface area contributed by atoms with E-state index in [-0.39, 0.29) is 17.5 Å². The number of ether oxygens (including phenoxy) is 1. The van der Waals surface area contributed by atoms with E-state index in [0.717, 1.165) is 18.0 Å². The van der Waals surface area contributed by atoms with Crippen LogP contribution in [0.2, 0.25) is 0 Å². The molecule has 1 atom stereocenters. The van der Waals surface area contributed by atoms with Crippen molar-refractivity contribution in [3.8, 4) is 5.75 Å². The third kappa shape index (κ3) is 7.34. The molecular formula is C15H26N2O3S. The second kappa shape index (κ2) is 8.24. The van der Waals surface area contributed by atoms with Gasteiger partial charge in [0.15, 0.2) is 9.84 Å². The maximum atomic E-state index is 11.6. The molecule has 5 nitrogen and oxygen atoms in total. The third-order valence-corrected chi connectivity index (χ3v) is 4.91. The molecule has 1 rings (SSSR count). The zero-order chi connectivity index (χ0) is 15.9. The normalized spacial score (nSPS) is 13.2. The highest BCUT2D eigenvalue weighted by Crippen LogP contribution is 2.16. The molecule has 1 aromatic rings. The van der Waals surface area contributed by atoms with Crippen molar-refractivity contribution in [2.75, 3.05) is 44.1 Å². The van der Waals surface area contributed by atoms with Gasteiger partial charge in [-0.2, -0.15) is 0 Å². The fourth-order valence-electron chi connectivity index (χ4n) is 1.82. The maximum Gasteiger partial charge on any atom is 0.152 e. The molecule has 0 heterocycles. The summed E-state index contributed by atoms with van der Waals surface area (Å²) in [7, 11) is 1.05. The van der Waals surface area contributed by atoms with Crippen LogP contribution in [0.3, 0.4) is 0 Å². The number of benzene rings is 1. The Labute approximate surface area is 128 Å². The van der Waals surface area contributed by atoms with Gasteiger partial charge < -0.3 is 15.0 Å². The van der Waals surface area contributed by atoms with Gasteiger partial charge in [-0.05, 0) is 45.3 Å². The van der Waals surface area contributed by atoms with Gasteiger partial charge in [-0.15, -0.1) is 0 Å². The second-order valence-corrected chi connectivity index (χ2v) is 7.82. The van der Waals surface area contributed by atoms with Gasteiger partial charge in [-0.3, -0.25) is 0 Å². The molecular weight excluding hydrogens is 288 g/mol. The summed E-state index contributed by atoms with van der Waals surface area (Å²) in [5.74, 6) is 1.14. The van der Waals surface area contributed by atoms with E-state index in [2.05, 4.69) is 10.2 Å². The lowest BCUT2D eigenvalue weighted by atomic mass is 10.2. The SMILES string of the molecule is CCS(=O)(=O)CC(C)Nc1ccc(OCCN(C)C)cc1. The van der Waals surface area contributed by atoms with Crippen LogP contribution >= 0.6 is 0 Å². The molecule has 0 spiro atoms. The number of nitrogens with zero attached hydrogens (tertiary/aromatic N) is 1. The van der Waals surface area contributed by atoms with E-state index < -0.39 is 9.84 Å². The van der Waals surface area contributed by atoms with E-state index in [0.29, 0.717) is 6.61 Å². The third-order valence-electron chi connectivity index (χ3n) is 3.02. The molecule has 0 amide bonds. The Morgan fingerprint density at radius 3 is 2.38 bits per heavy atom. The highest BCUT2D eigenvalue weighted by Gasteiger charge is 2.13. The van der Waals surface area contributed by atoms with Crippen LogP contribution in [0.15, 0.2) is 24.3 Å². The van der Waals surface area contributed by atoms with Crippen molar-refractivity contribution in [3.05, 3.63) is 24.3 Å².